The maximum atomic E-state index is 11.4. The van der Waals surface area contributed by atoms with Gasteiger partial charge in [-0.25, -0.2) is 4.79 Å². The van der Waals surface area contributed by atoms with Crippen LogP contribution in [-0.2, 0) is 4.79 Å². The van der Waals surface area contributed by atoms with Gasteiger partial charge in [-0.3, -0.25) is 10.1 Å². The van der Waals surface area contributed by atoms with Crippen LogP contribution in [-0.4, -0.2) is 17.8 Å². The first-order valence-corrected chi connectivity index (χ1v) is 6.28. The zero-order valence-corrected chi connectivity index (χ0v) is 11.6. The van der Waals surface area contributed by atoms with Crippen molar-refractivity contribution in [3.63, 3.8) is 0 Å². The Hall–Kier alpha value is -1.07. The predicted molar refractivity (Wildman–Crippen MR) is 71.4 cm³/mol. The molecule has 0 atom stereocenters. The Morgan fingerprint density at radius 3 is 2.71 bits per heavy atom. The Balaban J connectivity index is 2.59. The number of nitrogens with one attached hydrogen (secondary N) is 2. The first kappa shape index (κ1) is 14.0. The summed E-state index contributed by atoms with van der Waals surface area (Å²) in [7, 11) is 0. The summed E-state index contributed by atoms with van der Waals surface area (Å²) in [5.41, 5.74) is 1.56. The molecule has 2 N–H and O–H groups in total. The Labute approximate surface area is 113 Å². The quantitative estimate of drug-likeness (QED) is 0.841. The van der Waals surface area contributed by atoms with Crippen molar-refractivity contribution in [1.29, 1.82) is 0 Å². The van der Waals surface area contributed by atoms with Crippen LogP contribution in [0.2, 0.25) is 0 Å². The van der Waals surface area contributed by atoms with E-state index in [0.29, 0.717) is 5.69 Å². The molecule has 0 saturated heterocycles. The molecule has 0 heterocycles. The first-order valence-electron chi connectivity index (χ1n) is 4.96. The van der Waals surface area contributed by atoms with Gasteiger partial charge in [0.1, 0.15) is 0 Å². The second kappa shape index (κ2) is 6.61. The number of carbonyl (C=O) groups is 2. The normalized spacial score (nSPS) is 9.82. The van der Waals surface area contributed by atoms with Crippen molar-refractivity contribution in [2.45, 2.75) is 13.3 Å². The number of carbonyl (C=O) groups excluding carboxylic acids is 2. The first-order chi connectivity index (χ1) is 8.02. The van der Waals surface area contributed by atoms with Crippen LogP contribution >= 0.6 is 27.5 Å². The number of rotatable bonds is 3. The minimum absolute atomic E-state index is 0.119. The average Bonchev–Trinajstić information content (AvgIpc) is 2.22. The Bertz CT molecular complexity index is 437. The van der Waals surface area contributed by atoms with Crippen molar-refractivity contribution < 1.29 is 9.59 Å². The van der Waals surface area contributed by atoms with E-state index in [2.05, 4.69) is 26.6 Å². The molecule has 3 amide bonds. The maximum absolute atomic E-state index is 11.4. The summed E-state index contributed by atoms with van der Waals surface area (Å²) in [6.45, 7) is 1.86. The molecule has 4 nitrogen and oxygen atoms in total. The number of urea groups is 1. The van der Waals surface area contributed by atoms with Gasteiger partial charge in [0.15, 0.2) is 0 Å². The van der Waals surface area contributed by atoms with E-state index in [4.69, 9.17) is 11.6 Å². The Kier molecular flexibility index (Phi) is 5.44. The highest BCUT2D eigenvalue weighted by Gasteiger charge is 2.08. The monoisotopic (exact) mass is 318 g/mol. The standard InChI is InChI=1S/C11H12BrClN2O2/c1-7-6-8(12)2-3-9(7)14-11(17)15-10(16)4-5-13/h2-3,6H,4-5H2,1H3,(H2,14,15,16,17). The van der Waals surface area contributed by atoms with Gasteiger partial charge in [0.2, 0.25) is 5.91 Å². The molecule has 0 spiro atoms. The van der Waals surface area contributed by atoms with E-state index in [-0.39, 0.29) is 12.3 Å². The summed E-state index contributed by atoms with van der Waals surface area (Å²) in [5.74, 6) is -0.205. The van der Waals surface area contributed by atoms with Crippen LogP contribution < -0.4 is 10.6 Å². The summed E-state index contributed by atoms with van der Waals surface area (Å²) in [4.78, 5) is 22.6. The van der Waals surface area contributed by atoms with Gasteiger partial charge in [0, 0.05) is 22.5 Å². The molecule has 0 radical (unpaired) electrons. The third-order valence-electron chi connectivity index (χ3n) is 2.01. The van der Waals surface area contributed by atoms with E-state index in [1.165, 1.54) is 0 Å². The average molecular weight is 320 g/mol. The van der Waals surface area contributed by atoms with Gasteiger partial charge in [0.05, 0.1) is 0 Å². The summed E-state index contributed by atoms with van der Waals surface area (Å²) in [5, 5.41) is 4.78. The molecule has 0 unspecified atom stereocenters. The Morgan fingerprint density at radius 1 is 1.41 bits per heavy atom. The van der Waals surface area contributed by atoms with Crippen molar-refractivity contribution in [3.05, 3.63) is 28.2 Å². The zero-order valence-electron chi connectivity index (χ0n) is 9.22. The van der Waals surface area contributed by atoms with E-state index in [0.717, 1.165) is 10.0 Å². The molecule has 1 rings (SSSR count). The number of anilines is 1. The molecule has 17 heavy (non-hydrogen) atoms. The molecule has 6 heteroatoms. The van der Waals surface area contributed by atoms with Gasteiger partial charge in [-0.05, 0) is 30.7 Å². The molecular weight excluding hydrogens is 307 g/mol. The predicted octanol–water partition coefficient (Wildman–Crippen LogP) is 3.03. The van der Waals surface area contributed by atoms with Crippen LogP contribution in [0.4, 0.5) is 10.5 Å². The van der Waals surface area contributed by atoms with Crippen LogP contribution in [0.5, 0.6) is 0 Å². The lowest BCUT2D eigenvalue weighted by atomic mass is 10.2. The van der Waals surface area contributed by atoms with E-state index >= 15 is 0 Å². The fraction of sp³-hybridized carbons (Fsp3) is 0.273. The van der Waals surface area contributed by atoms with E-state index < -0.39 is 11.9 Å². The van der Waals surface area contributed by atoms with Gasteiger partial charge in [0.25, 0.3) is 0 Å². The van der Waals surface area contributed by atoms with Crippen LogP contribution in [0.15, 0.2) is 22.7 Å². The van der Waals surface area contributed by atoms with Crippen LogP contribution in [0, 0.1) is 6.92 Å². The number of alkyl halides is 1. The minimum Gasteiger partial charge on any atom is -0.307 e. The van der Waals surface area contributed by atoms with E-state index in [1.807, 2.05) is 19.1 Å². The summed E-state index contributed by atoms with van der Waals surface area (Å²) >= 11 is 8.71. The van der Waals surface area contributed by atoms with E-state index in [9.17, 15) is 9.59 Å². The second-order valence-electron chi connectivity index (χ2n) is 3.40. The summed E-state index contributed by atoms with van der Waals surface area (Å²) in [6.07, 6.45) is 0.119. The number of imide groups is 1. The molecule has 92 valence electrons. The third kappa shape index (κ3) is 4.75. The topological polar surface area (TPSA) is 58.2 Å². The second-order valence-corrected chi connectivity index (χ2v) is 4.69. The lowest BCUT2D eigenvalue weighted by Crippen LogP contribution is -2.34. The number of aryl methyl sites for hydroxylation is 1. The number of benzene rings is 1. The van der Waals surface area contributed by atoms with Crippen molar-refractivity contribution in [2.75, 3.05) is 11.2 Å². The molecule has 1 aromatic rings. The lowest BCUT2D eigenvalue weighted by molar-refractivity contribution is -0.119. The summed E-state index contributed by atoms with van der Waals surface area (Å²) < 4.78 is 0.930. The SMILES string of the molecule is Cc1cc(Br)ccc1NC(=O)NC(=O)CCCl. The molecule has 0 aromatic heterocycles. The molecule has 0 aliphatic heterocycles. The van der Waals surface area contributed by atoms with Crippen LogP contribution in [0.1, 0.15) is 12.0 Å². The Morgan fingerprint density at radius 2 is 2.12 bits per heavy atom. The van der Waals surface area contributed by atoms with Gasteiger partial charge in [-0.1, -0.05) is 15.9 Å². The van der Waals surface area contributed by atoms with Crippen LogP contribution in [0.3, 0.4) is 0 Å². The van der Waals surface area contributed by atoms with Gasteiger partial charge < -0.3 is 5.32 Å². The van der Waals surface area contributed by atoms with Crippen molar-refractivity contribution >= 4 is 45.2 Å². The highest BCUT2D eigenvalue weighted by Crippen LogP contribution is 2.19. The zero-order chi connectivity index (χ0) is 12.8. The molecule has 1 aromatic carbocycles. The van der Waals surface area contributed by atoms with Crippen molar-refractivity contribution in [2.24, 2.45) is 0 Å². The van der Waals surface area contributed by atoms with Gasteiger partial charge in [-0.2, -0.15) is 0 Å². The van der Waals surface area contributed by atoms with E-state index in [1.54, 1.807) is 6.07 Å². The summed E-state index contributed by atoms with van der Waals surface area (Å²) in [6, 6.07) is 4.88. The molecule has 0 bridgehead atoms. The molecule has 0 aliphatic carbocycles. The van der Waals surface area contributed by atoms with Crippen molar-refractivity contribution in [3.8, 4) is 0 Å². The van der Waals surface area contributed by atoms with Gasteiger partial charge >= 0.3 is 6.03 Å². The number of hydrogen-bond donors (Lipinski definition) is 2. The number of halogens is 2. The largest absolute Gasteiger partial charge is 0.325 e. The smallest absolute Gasteiger partial charge is 0.307 e. The highest BCUT2D eigenvalue weighted by molar-refractivity contribution is 9.10. The van der Waals surface area contributed by atoms with Crippen LogP contribution in [0.25, 0.3) is 0 Å². The fourth-order valence-electron chi connectivity index (χ4n) is 1.20. The number of hydrogen-bond acceptors (Lipinski definition) is 2. The maximum Gasteiger partial charge on any atom is 0.325 e. The molecule has 0 aliphatic rings. The molecule has 0 fully saturated rings. The third-order valence-corrected chi connectivity index (χ3v) is 2.69. The highest BCUT2D eigenvalue weighted by atomic mass is 79.9. The minimum atomic E-state index is -0.550. The number of amides is 3. The molecular formula is C11H12BrClN2O2. The molecule has 0 saturated carbocycles. The van der Waals surface area contributed by atoms with Gasteiger partial charge in [-0.15, -0.1) is 11.6 Å². The fourth-order valence-corrected chi connectivity index (χ4v) is 1.84. The lowest BCUT2D eigenvalue weighted by Gasteiger charge is -2.09. The van der Waals surface area contributed by atoms with Crippen molar-refractivity contribution in [1.82, 2.24) is 5.32 Å².